The van der Waals surface area contributed by atoms with E-state index < -0.39 is 8.07 Å². The summed E-state index contributed by atoms with van der Waals surface area (Å²) in [6.07, 6.45) is 0. The highest BCUT2D eigenvalue weighted by Crippen LogP contribution is 2.16. The van der Waals surface area contributed by atoms with Crippen LogP contribution >= 0.6 is 0 Å². The van der Waals surface area contributed by atoms with Gasteiger partial charge in [-0.3, -0.25) is 0 Å². The molecule has 0 saturated carbocycles. The summed E-state index contributed by atoms with van der Waals surface area (Å²) in [4.78, 5) is 0. The minimum absolute atomic E-state index is 0.147. The van der Waals surface area contributed by atoms with Crippen LogP contribution in [0.4, 0.5) is 0 Å². The molecule has 0 aliphatic rings. The number of rotatable bonds is 2. The summed E-state index contributed by atoms with van der Waals surface area (Å²) in [6, 6.07) is 0. The zero-order valence-electron chi connectivity index (χ0n) is 6.36. The van der Waals surface area contributed by atoms with Gasteiger partial charge in [-0.25, -0.2) is 0 Å². The minimum atomic E-state index is -1.37. The van der Waals surface area contributed by atoms with Crippen molar-refractivity contribution in [3.8, 4) is 0 Å². The number of allylic oxidation sites excluding steroid dienone is 1. The van der Waals surface area contributed by atoms with E-state index in [1.165, 1.54) is 0 Å². The molecule has 0 aliphatic heterocycles. The first-order valence-corrected chi connectivity index (χ1v) is 6.43. The maximum Gasteiger partial charge on any atom is 0.107 e. The van der Waals surface area contributed by atoms with E-state index in [4.69, 9.17) is 5.11 Å². The Balaban J connectivity index is 4.23. The SMILES string of the molecule is C=C(O)C(=C)[Si](C)(C)C. The van der Waals surface area contributed by atoms with Crippen LogP contribution in [-0.2, 0) is 0 Å². The highest BCUT2D eigenvalue weighted by molar-refractivity contribution is 6.83. The van der Waals surface area contributed by atoms with Crippen LogP contribution < -0.4 is 0 Å². The third-order valence-electron chi connectivity index (χ3n) is 1.25. The molecule has 0 heterocycles. The van der Waals surface area contributed by atoms with Crippen LogP contribution in [0.3, 0.4) is 0 Å². The Kier molecular flexibility index (Phi) is 2.26. The van der Waals surface area contributed by atoms with Gasteiger partial charge in [-0.15, -0.1) is 0 Å². The van der Waals surface area contributed by atoms with Gasteiger partial charge in [-0.1, -0.05) is 32.8 Å². The van der Waals surface area contributed by atoms with Gasteiger partial charge in [-0.05, 0) is 5.20 Å². The Labute approximate surface area is 57.7 Å². The lowest BCUT2D eigenvalue weighted by Crippen LogP contribution is -2.24. The molecule has 0 unspecified atom stereocenters. The van der Waals surface area contributed by atoms with Crippen molar-refractivity contribution in [1.29, 1.82) is 0 Å². The molecule has 0 aromatic heterocycles. The fourth-order valence-corrected chi connectivity index (χ4v) is 1.30. The van der Waals surface area contributed by atoms with Crippen molar-refractivity contribution in [1.82, 2.24) is 0 Å². The first-order chi connectivity index (χ1) is 3.85. The van der Waals surface area contributed by atoms with E-state index in [0.717, 1.165) is 5.20 Å². The van der Waals surface area contributed by atoms with E-state index in [-0.39, 0.29) is 5.76 Å². The lowest BCUT2D eigenvalue weighted by atomic mass is 10.5. The monoisotopic (exact) mass is 142 g/mol. The number of aliphatic hydroxyl groups excluding tert-OH is 1. The molecule has 0 radical (unpaired) electrons. The van der Waals surface area contributed by atoms with Gasteiger partial charge in [0, 0.05) is 0 Å². The van der Waals surface area contributed by atoms with Crippen LogP contribution in [0.2, 0.25) is 19.6 Å². The molecule has 1 nitrogen and oxygen atoms in total. The normalized spacial score (nSPS) is 11.0. The van der Waals surface area contributed by atoms with Crippen molar-refractivity contribution >= 4 is 8.07 Å². The molecule has 0 fully saturated rings. The Morgan fingerprint density at radius 3 is 1.56 bits per heavy atom. The minimum Gasteiger partial charge on any atom is -0.509 e. The van der Waals surface area contributed by atoms with Gasteiger partial charge in [0.25, 0.3) is 0 Å². The van der Waals surface area contributed by atoms with Gasteiger partial charge in [0.2, 0.25) is 0 Å². The molecule has 1 N–H and O–H groups in total. The maximum absolute atomic E-state index is 8.90. The average molecular weight is 142 g/mol. The lowest BCUT2D eigenvalue weighted by molar-refractivity contribution is 0.431. The van der Waals surface area contributed by atoms with Crippen molar-refractivity contribution in [2.24, 2.45) is 0 Å². The quantitative estimate of drug-likeness (QED) is 0.357. The van der Waals surface area contributed by atoms with Crippen LogP contribution in [-0.4, -0.2) is 13.2 Å². The highest BCUT2D eigenvalue weighted by Gasteiger charge is 2.18. The second-order valence-electron chi connectivity index (χ2n) is 3.18. The van der Waals surface area contributed by atoms with E-state index >= 15 is 0 Å². The second-order valence-corrected chi connectivity index (χ2v) is 8.28. The van der Waals surface area contributed by atoms with Crippen LogP contribution in [0.5, 0.6) is 0 Å². The Bertz CT molecular complexity index is 141. The fourth-order valence-electron chi connectivity index (χ4n) is 0.433. The molecule has 0 rings (SSSR count). The summed E-state index contributed by atoms with van der Waals surface area (Å²) in [5.41, 5.74) is 0. The summed E-state index contributed by atoms with van der Waals surface area (Å²) in [7, 11) is -1.37. The highest BCUT2D eigenvalue weighted by atomic mass is 28.3. The topological polar surface area (TPSA) is 20.2 Å². The van der Waals surface area contributed by atoms with E-state index in [0.29, 0.717) is 0 Å². The van der Waals surface area contributed by atoms with Crippen LogP contribution in [0.1, 0.15) is 0 Å². The number of hydrogen-bond donors (Lipinski definition) is 1. The Morgan fingerprint density at radius 2 is 1.56 bits per heavy atom. The van der Waals surface area contributed by atoms with Crippen molar-refractivity contribution in [2.75, 3.05) is 0 Å². The van der Waals surface area contributed by atoms with Crippen molar-refractivity contribution in [3.63, 3.8) is 0 Å². The molecule has 0 saturated heterocycles. The van der Waals surface area contributed by atoms with E-state index in [9.17, 15) is 0 Å². The Morgan fingerprint density at radius 1 is 1.22 bits per heavy atom. The van der Waals surface area contributed by atoms with Crippen LogP contribution in [0.25, 0.3) is 0 Å². The summed E-state index contributed by atoms with van der Waals surface area (Å²) in [6.45, 7) is 13.5. The van der Waals surface area contributed by atoms with Gasteiger partial charge in [-0.2, -0.15) is 0 Å². The van der Waals surface area contributed by atoms with E-state index in [2.05, 4.69) is 32.8 Å². The van der Waals surface area contributed by atoms with Gasteiger partial charge >= 0.3 is 0 Å². The lowest BCUT2D eigenvalue weighted by Gasteiger charge is -2.17. The smallest absolute Gasteiger partial charge is 0.107 e. The van der Waals surface area contributed by atoms with Crippen molar-refractivity contribution < 1.29 is 5.11 Å². The maximum atomic E-state index is 8.90. The second kappa shape index (κ2) is 2.39. The third kappa shape index (κ3) is 2.51. The van der Waals surface area contributed by atoms with Gasteiger partial charge in [0.05, 0.1) is 8.07 Å². The number of aliphatic hydroxyl groups is 1. The standard InChI is InChI=1S/C7H14OSi/c1-6(8)7(2)9(3,4)5/h8H,1-2H2,3-5H3. The first kappa shape index (κ1) is 8.50. The Hall–Kier alpha value is -0.503. The van der Waals surface area contributed by atoms with Gasteiger partial charge < -0.3 is 5.11 Å². The molecule has 9 heavy (non-hydrogen) atoms. The van der Waals surface area contributed by atoms with Crippen molar-refractivity contribution in [3.05, 3.63) is 24.1 Å². The van der Waals surface area contributed by atoms with Gasteiger partial charge in [0.1, 0.15) is 5.76 Å². The fraction of sp³-hybridized carbons (Fsp3) is 0.429. The zero-order valence-corrected chi connectivity index (χ0v) is 7.36. The predicted molar refractivity (Wildman–Crippen MR) is 44.3 cm³/mol. The van der Waals surface area contributed by atoms with E-state index in [1.807, 2.05) is 0 Å². The zero-order chi connectivity index (χ0) is 7.65. The molecule has 0 bridgehead atoms. The largest absolute Gasteiger partial charge is 0.509 e. The van der Waals surface area contributed by atoms with Crippen LogP contribution in [0, 0.1) is 0 Å². The van der Waals surface area contributed by atoms with E-state index in [1.54, 1.807) is 0 Å². The molecule has 0 atom stereocenters. The first-order valence-electron chi connectivity index (χ1n) is 2.93. The van der Waals surface area contributed by atoms with Crippen molar-refractivity contribution in [2.45, 2.75) is 19.6 Å². The predicted octanol–water partition coefficient (Wildman–Crippen LogP) is 2.49. The number of hydrogen-bond acceptors (Lipinski definition) is 1. The molecule has 2 heteroatoms. The molecule has 0 spiro atoms. The summed E-state index contributed by atoms with van der Waals surface area (Å²) < 4.78 is 0. The molecule has 0 amide bonds. The molecular weight excluding hydrogens is 128 g/mol. The third-order valence-corrected chi connectivity index (χ3v) is 3.35. The molecule has 52 valence electrons. The van der Waals surface area contributed by atoms with Crippen LogP contribution in [0.15, 0.2) is 24.1 Å². The summed E-state index contributed by atoms with van der Waals surface area (Å²) in [5.74, 6) is 0.147. The molecule has 0 aromatic rings. The van der Waals surface area contributed by atoms with Gasteiger partial charge in [0.15, 0.2) is 0 Å². The average Bonchev–Trinajstić information content (AvgIpc) is 1.62. The summed E-state index contributed by atoms with van der Waals surface area (Å²) >= 11 is 0. The molecule has 0 aliphatic carbocycles. The molecule has 0 aromatic carbocycles. The molecular formula is C7H14OSi. The summed E-state index contributed by atoms with van der Waals surface area (Å²) in [5, 5.41) is 9.73.